The van der Waals surface area contributed by atoms with Gasteiger partial charge in [0.15, 0.2) is 0 Å². The summed E-state index contributed by atoms with van der Waals surface area (Å²) in [5, 5.41) is 16.5. The van der Waals surface area contributed by atoms with Gasteiger partial charge in [0, 0.05) is 22.0 Å². The highest BCUT2D eigenvalue weighted by Gasteiger charge is 1.92. The number of thiol groups is 4. The first-order valence-electron chi connectivity index (χ1n) is 3.41. The van der Waals surface area contributed by atoms with Crippen LogP contribution in [0.1, 0.15) is 0 Å². The molecule has 0 radical (unpaired) electrons. The molecule has 0 rings (SSSR count). The molecule has 2 N–H and O–H groups in total. The number of aliphatic hydroxyl groups excluding tert-OH is 2. The zero-order valence-electron chi connectivity index (χ0n) is 6.67. The van der Waals surface area contributed by atoms with Crippen LogP contribution in [0.5, 0.6) is 0 Å². The third-order valence-electron chi connectivity index (χ3n) is 0.843. The topological polar surface area (TPSA) is 40.5 Å². The van der Waals surface area contributed by atoms with Gasteiger partial charge in [-0.05, 0) is 0 Å². The summed E-state index contributed by atoms with van der Waals surface area (Å²) in [6.45, 7) is 0.235. The summed E-state index contributed by atoms with van der Waals surface area (Å²) in [5.41, 5.74) is 0. The first-order chi connectivity index (χ1) is 5.62. The molecule has 0 bridgehead atoms. The van der Waals surface area contributed by atoms with Crippen LogP contribution >= 0.6 is 50.5 Å². The zero-order valence-corrected chi connectivity index (χ0v) is 10.2. The van der Waals surface area contributed by atoms with E-state index in [1.165, 1.54) is 0 Å². The van der Waals surface area contributed by atoms with Gasteiger partial charge in [0.2, 0.25) is 0 Å². The van der Waals surface area contributed by atoms with Gasteiger partial charge < -0.3 is 10.2 Å². The van der Waals surface area contributed by atoms with Crippen LogP contribution in [0.25, 0.3) is 0 Å². The minimum Gasteiger partial charge on any atom is -0.395 e. The van der Waals surface area contributed by atoms with Gasteiger partial charge >= 0.3 is 0 Å². The third-order valence-corrected chi connectivity index (χ3v) is 2.99. The van der Waals surface area contributed by atoms with E-state index >= 15 is 0 Å². The first kappa shape index (κ1) is 15.8. The molecular weight excluding hydrogens is 232 g/mol. The second-order valence-electron chi connectivity index (χ2n) is 2.04. The maximum absolute atomic E-state index is 8.21. The standard InChI is InChI=1S/2C3H8OS2/c2*4-1-3(6)2-5/h2*3-6H,1-2H2. The summed E-state index contributed by atoms with van der Waals surface area (Å²) < 4.78 is 0. The quantitative estimate of drug-likeness (QED) is 0.408. The minimum absolute atomic E-state index is 0.0494. The highest BCUT2D eigenvalue weighted by molar-refractivity contribution is 7.85. The Kier molecular flexibility index (Phi) is 16.2. The minimum atomic E-state index is 0.0494. The van der Waals surface area contributed by atoms with Crippen LogP contribution in [0, 0.1) is 0 Å². The SMILES string of the molecule is OCC(S)CS.OCC(S)CS. The van der Waals surface area contributed by atoms with Gasteiger partial charge in [-0.3, -0.25) is 0 Å². The first-order valence-corrected chi connectivity index (χ1v) is 5.71. The lowest BCUT2D eigenvalue weighted by Gasteiger charge is -1.96. The number of hydrogen-bond acceptors (Lipinski definition) is 6. The van der Waals surface area contributed by atoms with E-state index in [1.807, 2.05) is 0 Å². The Morgan fingerprint density at radius 3 is 1.08 bits per heavy atom. The maximum Gasteiger partial charge on any atom is 0.0555 e. The van der Waals surface area contributed by atoms with Gasteiger partial charge in [-0.1, -0.05) is 0 Å². The molecule has 0 aromatic carbocycles. The van der Waals surface area contributed by atoms with E-state index in [4.69, 9.17) is 10.2 Å². The van der Waals surface area contributed by atoms with E-state index in [0.717, 1.165) is 0 Å². The molecule has 2 unspecified atom stereocenters. The van der Waals surface area contributed by atoms with Crippen LogP contribution in [0.3, 0.4) is 0 Å². The van der Waals surface area contributed by atoms with Crippen molar-refractivity contribution in [3.8, 4) is 0 Å². The van der Waals surface area contributed by atoms with Crippen molar-refractivity contribution < 1.29 is 10.2 Å². The lowest BCUT2D eigenvalue weighted by molar-refractivity contribution is 0.301. The van der Waals surface area contributed by atoms with E-state index in [2.05, 4.69) is 50.5 Å². The van der Waals surface area contributed by atoms with Gasteiger partial charge in [-0.2, -0.15) is 50.5 Å². The molecule has 0 saturated heterocycles. The van der Waals surface area contributed by atoms with Crippen molar-refractivity contribution in [2.45, 2.75) is 10.5 Å². The predicted octanol–water partition coefficient (Wildman–Crippen LogP) is 0.414. The van der Waals surface area contributed by atoms with Gasteiger partial charge in [-0.15, -0.1) is 0 Å². The molecular formula is C6H16O2S4. The molecule has 2 nitrogen and oxygen atoms in total. The molecule has 0 aliphatic carbocycles. The third kappa shape index (κ3) is 13.9. The molecule has 0 amide bonds. The molecule has 0 aromatic heterocycles. The highest BCUT2D eigenvalue weighted by Crippen LogP contribution is 1.93. The average molecular weight is 248 g/mol. The molecule has 12 heavy (non-hydrogen) atoms. The molecule has 0 aromatic rings. The predicted molar refractivity (Wildman–Crippen MR) is 67.4 cm³/mol. The van der Waals surface area contributed by atoms with Crippen LogP contribution in [0.4, 0.5) is 0 Å². The zero-order chi connectivity index (χ0) is 9.98. The lowest BCUT2D eigenvalue weighted by Crippen LogP contribution is -2.04. The Morgan fingerprint density at radius 2 is 1.08 bits per heavy atom. The molecule has 0 spiro atoms. The molecule has 76 valence electrons. The number of hydrogen-bond donors (Lipinski definition) is 6. The molecule has 0 saturated carbocycles. The number of rotatable bonds is 4. The maximum atomic E-state index is 8.21. The Hall–Kier alpha value is 1.32. The Morgan fingerprint density at radius 1 is 0.833 bits per heavy atom. The average Bonchev–Trinajstić information content (AvgIpc) is 2.16. The lowest BCUT2D eigenvalue weighted by atomic mass is 10.5. The van der Waals surface area contributed by atoms with Crippen molar-refractivity contribution >= 4 is 50.5 Å². The van der Waals surface area contributed by atoms with Gasteiger partial charge in [0.05, 0.1) is 13.2 Å². The fraction of sp³-hybridized carbons (Fsp3) is 1.00. The second-order valence-corrected chi connectivity index (χ2v) is 4.23. The second kappa shape index (κ2) is 12.3. The molecule has 6 heteroatoms. The molecule has 0 heterocycles. The van der Waals surface area contributed by atoms with Crippen molar-refractivity contribution in [3.05, 3.63) is 0 Å². The Labute approximate surface area is 95.8 Å². The number of aliphatic hydroxyl groups is 2. The van der Waals surface area contributed by atoms with Crippen molar-refractivity contribution in [1.29, 1.82) is 0 Å². The summed E-state index contributed by atoms with van der Waals surface area (Å²) in [7, 11) is 0. The Bertz CT molecular complexity index is 65.9. The van der Waals surface area contributed by atoms with Crippen LogP contribution < -0.4 is 0 Å². The van der Waals surface area contributed by atoms with E-state index < -0.39 is 0 Å². The summed E-state index contributed by atoms with van der Waals surface area (Å²) >= 11 is 15.5. The van der Waals surface area contributed by atoms with Crippen LogP contribution in [0.15, 0.2) is 0 Å². The fourth-order valence-corrected chi connectivity index (χ4v) is 0.346. The van der Waals surface area contributed by atoms with E-state index in [-0.39, 0.29) is 23.7 Å². The van der Waals surface area contributed by atoms with Crippen molar-refractivity contribution in [2.75, 3.05) is 24.7 Å². The van der Waals surface area contributed by atoms with E-state index in [9.17, 15) is 0 Å². The van der Waals surface area contributed by atoms with Crippen LogP contribution in [-0.2, 0) is 0 Å². The normalized spacial score (nSPS) is 14.5. The van der Waals surface area contributed by atoms with Crippen molar-refractivity contribution in [2.24, 2.45) is 0 Å². The van der Waals surface area contributed by atoms with Gasteiger partial charge in [0.25, 0.3) is 0 Å². The van der Waals surface area contributed by atoms with Crippen molar-refractivity contribution in [1.82, 2.24) is 0 Å². The summed E-state index contributed by atoms with van der Waals surface area (Å²) in [5.74, 6) is 1.28. The fourth-order valence-electron chi connectivity index (χ4n) is 0.115. The molecule has 0 aliphatic rings. The van der Waals surface area contributed by atoms with E-state index in [1.54, 1.807) is 0 Å². The van der Waals surface area contributed by atoms with Crippen LogP contribution in [0.2, 0.25) is 0 Å². The summed E-state index contributed by atoms with van der Waals surface area (Å²) in [6, 6.07) is 0. The Balaban J connectivity index is 0. The largest absolute Gasteiger partial charge is 0.395 e. The van der Waals surface area contributed by atoms with Gasteiger partial charge in [-0.25, -0.2) is 0 Å². The molecule has 0 aliphatic heterocycles. The monoisotopic (exact) mass is 248 g/mol. The highest BCUT2D eigenvalue weighted by atomic mass is 32.1. The van der Waals surface area contributed by atoms with Gasteiger partial charge in [0.1, 0.15) is 0 Å². The van der Waals surface area contributed by atoms with E-state index in [0.29, 0.717) is 11.5 Å². The van der Waals surface area contributed by atoms with Crippen molar-refractivity contribution in [3.63, 3.8) is 0 Å². The molecule has 2 atom stereocenters. The molecule has 0 fully saturated rings. The van der Waals surface area contributed by atoms with Crippen LogP contribution in [-0.4, -0.2) is 45.4 Å². The summed E-state index contributed by atoms with van der Waals surface area (Å²) in [4.78, 5) is 0. The smallest absolute Gasteiger partial charge is 0.0555 e. The summed E-state index contributed by atoms with van der Waals surface area (Å²) in [6.07, 6.45) is 0.